The molecule has 0 saturated carbocycles. The second kappa shape index (κ2) is 8.03. The first-order valence-electron chi connectivity index (χ1n) is 4.74. The molecule has 0 aliphatic carbocycles. The number of hydrogen-bond donors (Lipinski definition) is 0. The Morgan fingerprint density at radius 2 is 1.91 bits per heavy atom. The molecular weight excluding hydrogens is 139 g/mol. The average molecular weight is 159 g/mol. The molecule has 0 amide bonds. The van der Waals surface area contributed by atoms with E-state index in [9.17, 15) is 4.39 Å². The summed E-state index contributed by atoms with van der Waals surface area (Å²) in [7, 11) is 0. The minimum Gasteiger partial charge on any atom is -0.247 e. The van der Waals surface area contributed by atoms with E-state index in [4.69, 9.17) is 0 Å². The van der Waals surface area contributed by atoms with Gasteiger partial charge in [0, 0.05) is 0 Å². The van der Waals surface area contributed by atoms with Gasteiger partial charge in [-0.1, -0.05) is 46.0 Å². The van der Waals surface area contributed by atoms with E-state index in [0.717, 1.165) is 19.3 Å². The summed E-state index contributed by atoms with van der Waals surface area (Å²) >= 11 is 0. The average Bonchev–Trinajstić information content (AvgIpc) is 1.99. The fourth-order valence-electron chi connectivity index (χ4n) is 1.16. The minimum atomic E-state index is -0.593. The molecule has 1 radical (unpaired) electrons. The molecule has 0 aliphatic heterocycles. The van der Waals surface area contributed by atoms with Crippen molar-refractivity contribution in [3.8, 4) is 0 Å². The van der Waals surface area contributed by atoms with Gasteiger partial charge in [0.25, 0.3) is 0 Å². The summed E-state index contributed by atoms with van der Waals surface area (Å²) in [5.74, 6) is 0. The zero-order chi connectivity index (χ0) is 8.53. The molecule has 0 aromatic rings. The van der Waals surface area contributed by atoms with E-state index < -0.39 is 6.17 Å². The summed E-state index contributed by atoms with van der Waals surface area (Å²) in [5, 5.41) is 0. The van der Waals surface area contributed by atoms with E-state index >= 15 is 0 Å². The summed E-state index contributed by atoms with van der Waals surface area (Å²) < 4.78 is 12.8. The van der Waals surface area contributed by atoms with Crippen LogP contribution in [-0.2, 0) is 0 Å². The first-order chi connectivity index (χ1) is 5.31. The highest BCUT2D eigenvalue weighted by atomic mass is 19.1. The third kappa shape index (κ3) is 7.83. The van der Waals surface area contributed by atoms with Crippen LogP contribution in [0.15, 0.2) is 0 Å². The monoisotopic (exact) mass is 159 g/mol. The number of halogens is 1. The Balaban J connectivity index is 2.97. The van der Waals surface area contributed by atoms with Gasteiger partial charge in [0.2, 0.25) is 0 Å². The Hall–Kier alpha value is -0.0700. The molecule has 0 nitrogen and oxygen atoms in total. The topological polar surface area (TPSA) is 0 Å². The Morgan fingerprint density at radius 3 is 2.45 bits per heavy atom. The van der Waals surface area contributed by atoms with Gasteiger partial charge in [-0.15, -0.1) is 0 Å². The van der Waals surface area contributed by atoms with Crippen molar-refractivity contribution in [2.75, 3.05) is 0 Å². The molecule has 0 rings (SSSR count). The molecule has 0 aliphatic rings. The number of rotatable bonds is 7. The van der Waals surface area contributed by atoms with Gasteiger partial charge >= 0.3 is 0 Å². The molecule has 0 bridgehead atoms. The maximum atomic E-state index is 12.8. The third-order valence-electron chi connectivity index (χ3n) is 1.89. The van der Waals surface area contributed by atoms with Crippen LogP contribution in [0.25, 0.3) is 0 Å². The lowest BCUT2D eigenvalue weighted by molar-refractivity contribution is 0.289. The smallest absolute Gasteiger partial charge is 0.100 e. The van der Waals surface area contributed by atoms with E-state index in [1.807, 2.05) is 0 Å². The van der Waals surface area contributed by atoms with E-state index in [2.05, 4.69) is 13.8 Å². The normalized spacial score (nSPS) is 13.4. The Bertz CT molecular complexity index is 71.3. The first kappa shape index (κ1) is 10.9. The van der Waals surface area contributed by atoms with Crippen LogP contribution in [0.1, 0.15) is 51.9 Å². The number of alkyl halides is 1. The largest absolute Gasteiger partial charge is 0.247 e. The summed E-state index contributed by atoms with van der Waals surface area (Å²) in [5.41, 5.74) is 0. The van der Waals surface area contributed by atoms with Gasteiger partial charge in [-0.05, 0) is 12.8 Å². The lowest BCUT2D eigenvalue weighted by Crippen LogP contribution is -1.98. The summed E-state index contributed by atoms with van der Waals surface area (Å²) in [4.78, 5) is 0. The Kier molecular flexibility index (Phi) is 7.98. The predicted octanol–water partition coefficient (Wildman–Crippen LogP) is 3.91. The first-order valence-corrected chi connectivity index (χ1v) is 4.74. The molecule has 11 heavy (non-hydrogen) atoms. The van der Waals surface area contributed by atoms with Gasteiger partial charge < -0.3 is 0 Å². The molecule has 0 saturated heterocycles. The molecule has 0 heterocycles. The van der Waals surface area contributed by atoms with Gasteiger partial charge in [0.05, 0.1) is 0 Å². The molecule has 67 valence electrons. The molecular formula is C10H20F. The van der Waals surface area contributed by atoms with E-state index in [1.54, 1.807) is 0 Å². The standard InChI is InChI=1S/C10H20F/c1-3-5-6-7-9-10(11)8-4-2/h10H,2-9H2,1H3. The SMILES string of the molecule is [CH2]CCC(F)CCCCCC. The highest BCUT2D eigenvalue weighted by Gasteiger charge is 2.02. The van der Waals surface area contributed by atoms with Crippen molar-refractivity contribution in [2.24, 2.45) is 0 Å². The maximum Gasteiger partial charge on any atom is 0.100 e. The van der Waals surface area contributed by atoms with Crippen LogP contribution >= 0.6 is 0 Å². The van der Waals surface area contributed by atoms with Crippen LogP contribution in [0.5, 0.6) is 0 Å². The van der Waals surface area contributed by atoms with Gasteiger partial charge in [-0.2, -0.15) is 0 Å². The summed E-state index contributed by atoms with van der Waals surface area (Å²) in [6, 6.07) is 0. The minimum absolute atomic E-state index is 0.593. The van der Waals surface area contributed by atoms with Gasteiger partial charge in [-0.25, -0.2) is 4.39 Å². The maximum absolute atomic E-state index is 12.8. The van der Waals surface area contributed by atoms with E-state index in [0.29, 0.717) is 6.42 Å². The highest BCUT2D eigenvalue weighted by molar-refractivity contribution is 4.57. The van der Waals surface area contributed by atoms with Crippen LogP contribution in [0, 0.1) is 6.92 Å². The molecule has 1 heteroatoms. The van der Waals surface area contributed by atoms with Crippen molar-refractivity contribution in [1.29, 1.82) is 0 Å². The quantitative estimate of drug-likeness (QED) is 0.494. The third-order valence-corrected chi connectivity index (χ3v) is 1.89. The molecule has 1 atom stereocenters. The van der Waals surface area contributed by atoms with Crippen LogP contribution < -0.4 is 0 Å². The van der Waals surface area contributed by atoms with Gasteiger partial charge in [0.1, 0.15) is 6.17 Å². The lowest BCUT2D eigenvalue weighted by Gasteiger charge is -2.04. The molecule has 0 N–H and O–H groups in total. The molecule has 0 aromatic heterocycles. The molecule has 0 aromatic carbocycles. The Labute approximate surface area is 70.2 Å². The van der Waals surface area contributed by atoms with Gasteiger partial charge in [-0.3, -0.25) is 0 Å². The van der Waals surface area contributed by atoms with Crippen molar-refractivity contribution < 1.29 is 4.39 Å². The number of hydrogen-bond acceptors (Lipinski definition) is 0. The predicted molar refractivity (Wildman–Crippen MR) is 48.2 cm³/mol. The van der Waals surface area contributed by atoms with Crippen LogP contribution in [0.3, 0.4) is 0 Å². The highest BCUT2D eigenvalue weighted by Crippen LogP contribution is 2.11. The van der Waals surface area contributed by atoms with Gasteiger partial charge in [0.15, 0.2) is 0 Å². The van der Waals surface area contributed by atoms with E-state index in [-0.39, 0.29) is 0 Å². The Morgan fingerprint density at radius 1 is 1.18 bits per heavy atom. The second-order valence-corrected chi connectivity index (χ2v) is 3.09. The van der Waals surface area contributed by atoms with Crippen molar-refractivity contribution in [3.63, 3.8) is 0 Å². The van der Waals surface area contributed by atoms with Crippen molar-refractivity contribution in [2.45, 2.75) is 58.0 Å². The van der Waals surface area contributed by atoms with Crippen LogP contribution in [0.4, 0.5) is 4.39 Å². The lowest BCUT2D eigenvalue weighted by atomic mass is 10.1. The fourth-order valence-corrected chi connectivity index (χ4v) is 1.16. The van der Waals surface area contributed by atoms with E-state index in [1.165, 1.54) is 19.3 Å². The van der Waals surface area contributed by atoms with Crippen molar-refractivity contribution >= 4 is 0 Å². The second-order valence-electron chi connectivity index (χ2n) is 3.09. The summed E-state index contributed by atoms with van der Waals surface area (Å²) in [6.07, 6.45) is 6.24. The van der Waals surface area contributed by atoms with Crippen molar-refractivity contribution in [3.05, 3.63) is 6.92 Å². The molecule has 1 unspecified atom stereocenters. The molecule has 0 fully saturated rings. The van der Waals surface area contributed by atoms with Crippen LogP contribution in [-0.4, -0.2) is 6.17 Å². The zero-order valence-electron chi connectivity index (χ0n) is 7.61. The van der Waals surface area contributed by atoms with Crippen molar-refractivity contribution in [1.82, 2.24) is 0 Å². The van der Waals surface area contributed by atoms with Crippen LogP contribution in [0.2, 0.25) is 0 Å². The number of unbranched alkanes of at least 4 members (excludes halogenated alkanes) is 3. The zero-order valence-corrected chi connectivity index (χ0v) is 7.61. The molecule has 0 spiro atoms. The summed E-state index contributed by atoms with van der Waals surface area (Å²) in [6.45, 7) is 5.80. The fraction of sp³-hybridized carbons (Fsp3) is 0.900.